The first kappa shape index (κ1) is 15.5. The van der Waals surface area contributed by atoms with Gasteiger partial charge in [-0.1, -0.05) is 19.0 Å². The predicted octanol–water partition coefficient (Wildman–Crippen LogP) is 2.04. The van der Waals surface area contributed by atoms with Gasteiger partial charge in [-0.2, -0.15) is 0 Å². The van der Waals surface area contributed by atoms with Crippen LogP contribution >= 0.6 is 0 Å². The van der Waals surface area contributed by atoms with Crippen LogP contribution in [0.25, 0.3) is 0 Å². The van der Waals surface area contributed by atoms with Gasteiger partial charge < -0.3 is 15.2 Å². The highest BCUT2D eigenvalue weighted by Crippen LogP contribution is 2.11. The van der Waals surface area contributed by atoms with Crippen molar-refractivity contribution in [2.75, 3.05) is 13.6 Å². The van der Waals surface area contributed by atoms with Gasteiger partial charge in [-0.05, 0) is 33.1 Å². The molecule has 108 valence electrons. The molecule has 1 aromatic rings. The van der Waals surface area contributed by atoms with Gasteiger partial charge in [0.1, 0.15) is 5.76 Å². The number of aliphatic imine (C=N–C) groups is 1. The molecule has 1 heterocycles. The van der Waals surface area contributed by atoms with Gasteiger partial charge >= 0.3 is 0 Å². The monoisotopic (exact) mass is 266 g/mol. The molecule has 1 atom stereocenters. The van der Waals surface area contributed by atoms with Crippen LogP contribution in [-0.2, 0) is 6.42 Å². The molecule has 1 aromatic heterocycles. The Kier molecular flexibility index (Phi) is 5.86. The zero-order chi connectivity index (χ0) is 14.4. The molecule has 1 rings (SSSR count). The summed E-state index contributed by atoms with van der Waals surface area (Å²) in [6.45, 7) is 11.3. The maximum Gasteiger partial charge on any atom is 0.191 e. The van der Waals surface area contributed by atoms with E-state index in [0.717, 1.165) is 30.4 Å². The van der Waals surface area contributed by atoms with Crippen LogP contribution in [0, 0.1) is 19.8 Å². The summed E-state index contributed by atoms with van der Waals surface area (Å²) in [6.07, 6.45) is 0.887. The number of aryl methyl sites for hydroxylation is 2. The predicted molar refractivity (Wildman–Crippen MR) is 78.5 cm³/mol. The lowest BCUT2D eigenvalue weighted by atomic mass is 10.1. The second kappa shape index (κ2) is 7.16. The van der Waals surface area contributed by atoms with E-state index in [0.29, 0.717) is 12.0 Å². The SMILES string of the molecule is CN=C(NCCc1c(C)noc1C)NC(C)C(C)C. The quantitative estimate of drug-likeness (QED) is 0.632. The van der Waals surface area contributed by atoms with Gasteiger partial charge in [-0.15, -0.1) is 0 Å². The smallest absolute Gasteiger partial charge is 0.191 e. The van der Waals surface area contributed by atoms with E-state index in [9.17, 15) is 0 Å². The van der Waals surface area contributed by atoms with Gasteiger partial charge in [-0.25, -0.2) is 0 Å². The Hall–Kier alpha value is -1.52. The minimum Gasteiger partial charge on any atom is -0.361 e. The van der Waals surface area contributed by atoms with Gasteiger partial charge in [0.15, 0.2) is 5.96 Å². The fraction of sp³-hybridized carbons (Fsp3) is 0.714. The van der Waals surface area contributed by atoms with Gasteiger partial charge in [0, 0.05) is 25.2 Å². The van der Waals surface area contributed by atoms with Crippen LogP contribution in [0.5, 0.6) is 0 Å². The van der Waals surface area contributed by atoms with Crippen molar-refractivity contribution in [2.24, 2.45) is 10.9 Å². The number of hydrogen-bond acceptors (Lipinski definition) is 3. The van der Waals surface area contributed by atoms with Crippen molar-refractivity contribution < 1.29 is 4.52 Å². The van der Waals surface area contributed by atoms with Crippen molar-refractivity contribution in [1.82, 2.24) is 15.8 Å². The number of hydrogen-bond donors (Lipinski definition) is 2. The molecule has 19 heavy (non-hydrogen) atoms. The van der Waals surface area contributed by atoms with Crippen LogP contribution < -0.4 is 10.6 Å². The third kappa shape index (κ3) is 4.58. The zero-order valence-electron chi connectivity index (χ0n) is 12.9. The number of nitrogens with zero attached hydrogens (tertiary/aromatic N) is 2. The van der Waals surface area contributed by atoms with Crippen LogP contribution in [0.2, 0.25) is 0 Å². The lowest BCUT2D eigenvalue weighted by Crippen LogP contribution is -2.44. The molecule has 0 aliphatic carbocycles. The van der Waals surface area contributed by atoms with Crippen molar-refractivity contribution in [1.29, 1.82) is 0 Å². The van der Waals surface area contributed by atoms with Crippen LogP contribution in [0.4, 0.5) is 0 Å². The molecular formula is C14H26N4O. The Balaban J connectivity index is 2.43. The van der Waals surface area contributed by atoms with Crippen molar-refractivity contribution in [3.63, 3.8) is 0 Å². The number of guanidine groups is 1. The van der Waals surface area contributed by atoms with E-state index in [1.807, 2.05) is 13.8 Å². The zero-order valence-corrected chi connectivity index (χ0v) is 12.9. The molecule has 0 radical (unpaired) electrons. The molecule has 5 nitrogen and oxygen atoms in total. The summed E-state index contributed by atoms with van der Waals surface area (Å²) in [6, 6.07) is 0.394. The molecule has 0 amide bonds. The highest BCUT2D eigenvalue weighted by Gasteiger charge is 2.10. The third-order valence-corrected chi connectivity index (χ3v) is 3.44. The first-order valence-electron chi connectivity index (χ1n) is 6.84. The van der Waals surface area contributed by atoms with Gasteiger partial charge in [0.2, 0.25) is 0 Å². The van der Waals surface area contributed by atoms with Crippen molar-refractivity contribution >= 4 is 5.96 Å². The summed E-state index contributed by atoms with van der Waals surface area (Å²) in [5.41, 5.74) is 2.15. The minimum absolute atomic E-state index is 0.394. The van der Waals surface area contributed by atoms with E-state index in [2.05, 4.69) is 41.6 Å². The Bertz CT molecular complexity index is 404. The molecule has 0 aromatic carbocycles. The van der Waals surface area contributed by atoms with E-state index >= 15 is 0 Å². The molecule has 0 saturated heterocycles. The average Bonchev–Trinajstić information content (AvgIpc) is 2.68. The molecule has 5 heteroatoms. The summed E-state index contributed by atoms with van der Waals surface area (Å²) in [5, 5.41) is 10.6. The summed E-state index contributed by atoms with van der Waals surface area (Å²) < 4.78 is 5.15. The van der Waals surface area contributed by atoms with E-state index in [4.69, 9.17) is 4.52 Å². The first-order chi connectivity index (χ1) is 8.95. The van der Waals surface area contributed by atoms with E-state index in [1.165, 1.54) is 5.56 Å². The Labute approximate surface area is 115 Å². The van der Waals surface area contributed by atoms with Crippen LogP contribution in [-0.4, -0.2) is 30.8 Å². The van der Waals surface area contributed by atoms with E-state index in [1.54, 1.807) is 7.05 Å². The lowest BCUT2D eigenvalue weighted by Gasteiger charge is -2.20. The Morgan fingerprint density at radius 1 is 1.32 bits per heavy atom. The number of rotatable bonds is 5. The Morgan fingerprint density at radius 3 is 2.47 bits per heavy atom. The summed E-state index contributed by atoms with van der Waals surface area (Å²) in [4.78, 5) is 4.23. The molecule has 2 N–H and O–H groups in total. The summed E-state index contributed by atoms with van der Waals surface area (Å²) in [5.74, 6) is 2.31. The fourth-order valence-corrected chi connectivity index (χ4v) is 1.74. The average molecular weight is 266 g/mol. The molecule has 0 aliphatic rings. The normalized spacial score (nSPS) is 13.7. The topological polar surface area (TPSA) is 62.5 Å². The highest BCUT2D eigenvalue weighted by molar-refractivity contribution is 5.79. The molecule has 0 fully saturated rings. The number of aromatic nitrogens is 1. The van der Waals surface area contributed by atoms with Crippen molar-refractivity contribution in [3.05, 3.63) is 17.0 Å². The standard InChI is InChI=1S/C14H26N4O/c1-9(2)10(3)17-14(15-6)16-8-7-13-11(4)18-19-12(13)5/h9-10H,7-8H2,1-6H3,(H2,15,16,17). The van der Waals surface area contributed by atoms with E-state index < -0.39 is 0 Å². The van der Waals surface area contributed by atoms with Gasteiger partial charge in [0.05, 0.1) is 5.69 Å². The summed E-state index contributed by atoms with van der Waals surface area (Å²) in [7, 11) is 1.79. The fourth-order valence-electron chi connectivity index (χ4n) is 1.74. The number of nitrogens with one attached hydrogen (secondary N) is 2. The third-order valence-electron chi connectivity index (χ3n) is 3.44. The van der Waals surface area contributed by atoms with Gasteiger partial charge in [0.25, 0.3) is 0 Å². The summed E-state index contributed by atoms with van der Waals surface area (Å²) >= 11 is 0. The van der Waals surface area contributed by atoms with Crippen molar-refractivity contribution in [2.45, 2.75) is 47.1 Å². The lowest BCUT2D eigenvalue weighted by molar-refractivity contribution is 0.392. The van der Waals surface area contributed by atoms with Crippen LogP contribution in [0.1, 0.15) is 37.8 Å². The second-order valence-electron chi connectivity index (χ2n) is 5.23. The van der Waals surface area contributed by atoms with Crippen molar-refractivity contribution in [3.8, 4) is 0 Å². The van der Waals surface area contributed by atoms with Crippen LogP contribution in [0.15, 0.2) is 9.52 Å². The molecule has 0 spiro atoms. The van der Waals surface area contributed by atoms with Crippen LogP contribution in [0.3, 0.4) is 0 Å². The highest BCUT2D eigenvalue weighted by atomic mass is 16.5. The first-order valence-corrected chi connectivity index (χ1v) is 6.84. The second-order valence-corrected chi connectivity index (χ2v) is 5.23. The van der Waals surface area contributed by atoms with Gasteiger partial charge in [-0.3, -0.25) is 4.99 Å². The Morgan fingerprint density at radius 2 is 2.00 bits per heavy atom. The largest absolute Gasteiger partial charge is 0.361 e. The molecular weight excluding hydrogens is 240 g/mol. The molecule has 0 saturated carbocycles. The maximum absolute atomic E-state index is 5.15. The minimum atomic E-state index is 0.394. The maximum atomic E-state index is 5.15. The molecule has 0 bridgehead atoms. The molecule has 0 aliphatic heterocycles. The molecule has 1 unspecified atom stereocenters. The van der Waals surface area contributed by atoms with E-state index in [-0.39, 0.29) is 0 Å².